The van der Waals surface area contributed by atoms with E-state index in [1.165, 1.54) is 17.3 Å². The minimum absolute atomic E-state index is 0.186. The Balaban J connectivity index is 1.86. The molecule has 138 valence electrons. The second-order valence-electron chi connectivity index (χ2n) is 6.66. The highest BCUT2D eigenvalue weighted by Crippen LogP contribution is 2.35. The van der Waals surface area contributed by atoms with Gasteiger partial charge in [0.2, 0.25) is 0 Å². The number of benzene rings is 1. The molecule has 0 N–H and O–H groups in total. The van der Waals surface area contributed by atoms with Crippen LogP contribution in [0.15, 0.2) is 53.9 Å². The summed E-state index contributed by atoms with van der Waals surface area (Å²) in [5.74, 6) is 0.860. The van der Waals surface area contributed by atoms with Gasteiger partial charge >= 0.3 is 5.97 Å². The Morgan fingerprint density at radius 3 is 2.74 bits per heavy atom. The van der Waals surface area contributed by atoms with Gasteiger partial charge in [0.25, 0.3) is 0 Å². The number of carbonyl (C=O) groups is 1. The molecule has 1 saturated heterocycles. The maximum atomic E-state index is 12.0. The van der Waals surface area contributed by atoms with Crippen molar-refractivity contribution < 1.29 is 9.53 Å². The molecule has 1 aliphatic heterocycles. The summed E-state index contributed by atoms with van der Waals surface area (Å²) in [6.07, 6.45) is 4.19. The van der Waals surface area contributed by atoms with Gasteiger partial charge in [0, 0.05) is 24.4 Å². The molecule has 1 aliphatic rings. The van der Waals surface area contributed by atoms with Gasteiger partial charge in [-0.05, 0) is 29.7 Å². The molecule has 0 radical (unpaired) electrons. The Morgan fingerprint density at radius 1 is 1.19 bits per heavy atom. The van der Waals surface area contributed by atoms with Crippen molar-refractivity contribution in [2.24, 2.45) is 0 Å². The highest BCUT2D eigenvalue weighted by Gasteiger charge is 2.31. The summed E-state index contributed by atoms with van der Waals surface area (Å²) in [5.41, 5.74) is 3.09. The van der Waals surface area contributed by atoms with Gasteiger partial charge < -0.3 is 4.74 Å². The van der Waals surface area contributed by atoms with Gasteiger partial charge in [0.05, 0.1) is 12.3 Å². The number of hydrogen-bond donors (Lipinski definition) is 0. The molecule has 0 amide bonds. The lowest BCUT2D eigenvalue weighted by Crippen LogP contribution is -2.12. The van der Waals surface area contributed by atoms with Crippen LogP contribution in [0.3, 0.4) is 0 Å². The van der Waals surface area contributed by atoms with Crippen molar-refractivity contribution in [3.63, 3.8) is 0 Å². The molecule has 3 heterocycles. The van der Waals surface area contributed by atoms with Crippen LogP contribution in [0.25, 0.3) is 17.1 Å². The molecule has 1 fully saturated rings. The Hall–Kier alpha value is -2.67. The average molecular weight is 380 g/mol. The van der Waals surface area contributed by atoms with Gasteiger partial charge in [-0.25, -0.2) is 0 Å². The normalized spacial score (nSPS) is 16.7. The second kappa shape index (κ2) is 7.52. The van der Waals surface area contributed by atoms with Crippen LogP contribution in [-0.4, -0.2) is 37.6 Å². The molecular formula is C20H20N4O2S. The molecule has 0 bridgehead atoms. The number of cyclic esters (lactones) is 1. The van der Waals surface area contributed by atoms with Crippen molar-refractivity contribution in [3.8, 4) is 17.1 Å². The summed E-state index contributed by atoms with van der Waals surface area (Å²) in [6, 6.07) is 12.1. The van der Waals surface area contributed by atoms with Gasteiger partial charge in [0.1, 0.15) is 5.25 Å². The summed E-state index contributed by atoms with van der Waals surface area (Å²) in [4.78, 5) is 16.2. The zero-order chi connectivity index (χ0) is 18.8. The first-order valence-corrected chi connectivity index (χ1v) is 9.81. The maximum absolute atomic E-state index is 12.0. The van der Waals surface area contributed by atoms with E-state index in [9.17, 15) is 4.79 Å². The van der Waals surface area contributed by atoms with E-state index in [0.29, 0.717) is 29.9 Å². The van der Waals surface area contributed by atoms with Gasteiger partial charge in [-0.3, -0.25) is 14.3 Å². The van der Waals surface area contributed by atoms with Crippen LogP contribution in [0.4, 0.5) is 0 Å². The standard InChI is InChI=1S/C20H20N4O2S/c1-13(2)15-7-3-4-8-16(15)24-18(14-6-5-10-21-12-14)22-23-20(24)27-17-9-11-26-19(17)25/h3-8,10,12-13,17H,9,11H2,1-2H3/t17-/m0/s1. The van der Waals surface area contributed by atoms with Crippen LogP contribution < -0.4 is 0 Å². The third kappa shape index (κ3) is 3.47. The zero-order valence-corrected chi connectivity index (χ0v) is 16.0. The monoisotopic (exact) mass is 380 g/mol. The maximum Gasteiger partial charge on any atom is 0.319 e. The summed E-state index contributed by atoms with van der Waals surface area (Å²) < 4.78 is 7.14. The quantitative estimate of drug-likeness (QED) is 0.626. The third-order valence-electron chi connectivity index (χ3n) is 4.49. The fourth-order valence-corrected chi connectivity index (χ4v) is 4.15. The molecule has 7 heteroatoms. The van der Waals surface area contributed by atoms with E-state index in [0.717, 1.165) is 11.3 Å². The molecule has 4 rings (SSSR count). The minimum atomic E-state index is -0.249. The summed E-state index contributed by atoms with van der Waals surface area (Å²) >= 11 is 1.41. The number of carbonyl (C=O) groups excluding carboxylic acids is 1. The van der Waals surface area contributed by atoms with Crippen LogP contribution in [0.2, 0.25) is 0 Å². The van der Waals surface area contributed by atoms with E-state index in [1.54, 1.807) is 12.4 Å². The fraction of sp³-hybridized carbons (Fsp3) is 0.300. The molecule has 0 saturated carbocycles. The second-order valence-corrected chi connectivity index (χ2v) is 7.83. The number of rotatable bonds is 5. The topological polar surface area (TPSA) is 69.9 Å². The van der Waals surface area contributed by atoms with Gasteiger partial charge in [-0.15, -0.1) is 10.2 Å². The van der Waals surface area contributed by atoms with E-state index >= 15 is 0 Å². The number of hydrogen-bond acceptors (Lipinski definition) is 6. The van der Waals surface area contributed by atoms with Crippen LogP contribution in [0, 0.1) is 0 Å². The van der Waals surface area contributed by atoms with Crippen LogP contribution >= 0.6 is 11.8 Å². The number of aromatic nitrogens is 4. The molecular weight excluding hydrogens is 360 g/mol. The highest BCUT2D eigenvalue weighted by atomic mass is 32.2. The molecule has 0 aliphatic carbocycles. The van der Waals surface area contributed by atoms with Crippen molar-refractivity contribution in [2.45, 2.75) is 36.6 Å². The van der Waals surface area contributed by atoms with Crippen LogP contribution in [-0.2, 0) is 9.53 Å². The zero-order valence-electron chi connectivity index (χ0n) is 15.2. The number of pyridine rings is 1. The van der Waals surface area contributed by atoms with Crippen molar-refractivity contribution >= 4 is 17.7 Å². The Bertz CT molecular complexity index is 956. The Labute approximate surface area is 162 Å². The number of ether oxygens (including phenoxy) is 1. The average Bonchev–Trinajstić information content (AvgIpc) is 3.29. The highest BCUT2D eigenvalue weighted by molar-refractivity contribution is 8.00. The molecule has 1 atom stereocenters. The van der Waals surface area contributed by atoms with Crippen molar-refractivity contribution in [1.29, 1.82) is 0 Å². The first-order chi connectivity index (χ1) is 13.1. The molecule has 0 unspecified atom stereocenters. The predicted molar refractivity (Wildman–Crippen MR) is 104 cm³/mol. The van der Waals surface area contributed by atoms with Crippen molar-refractivity contribution in [3.05, 3.63) is 54.4 Å². The SMILES string of the molecule is CC(C)c1ccccc1-n1c(S[C@H]2CCOC2=O)nnc1-c1cccnc1. The molecule has 0 spiro atoms. The molecule has 2 aromatic heterocycles. The van der Waals surface area contributed by atoms with Gasteiger partial charge in [-0.2, -0.15) is 0 Å². The number of nitrogens with zero attached hydrogens (tertiary/aromatic N) is 4. The Kier molecular flexibility index (Phi) is 4.94. The molecule has 27 heavy (non-hydrogen) atoms. The lowest BCUT2D eigenvalue weighted by Gasteiger charge is -2.17. The lowest BCUT2D eigenvalue weighted by atomic mass is 10.0. The predicted octanol–water partition coefficient (Wildman–Crippen LogP) is 3.86. The van der Waals surface area contributed by atoms with E-state index in [1.807, 2.05) is 28.8 Å². The molecule has 1 aromatic carbocycles. The van der Waals surface area contributed by atoms with E-state index < -0.39 is 0 Å². The number of esters is 1. The third-order valence-corrected chi connectivity index (χ3v) is 5.68. The largest absolute Gasteiger partial charge is 0.465 e. The first kappa shape index (κ1) is 17.7. The fourth-order valence-electron chi connectivity index (χ4n) is 3.14. The summed E-state index contributed by atoms with van der Waals surface area (Å²) in [5, 5.41) is 9.27. The van der Waals surface area contributed by atoms with Crippen LogP contribution in [0.1, 0.15) is 31.7 Å². The number of thioether (sulfide) groups is 1. The molecule has 3 aromatic rings. The lowest BCUT2D eigenvalue weighted by molar-refractivity contribution is -0.137. The van der Waals surface area contributed by atoms with Crippen molar-refractivity contribution in [1.82, 2.24) is 19.7 Å². The van der Waals surface area contributed by atoms with Crippen molar-refractivity contribution in [2.75, 3.05) is 6.61 Å². The summed E-state index contributed by atoms with van der Waals surface area (Å²) in [7, 11) is 0. The van der Waals surface area contributed by atoms with Gasteiger partial charge in [-0.1, -0.05) is 43.8 Å². The van der Waals surface area contributed by atoms with E-state index in [4.69, 9.17) is 4.74 Å². The van der Waals surface area contributed by atoms with E-state index in [2.05, 4.69) is 41.2 Å². The number of para-hydroxylation sites is 1. The van der Waals surface area contributed by atoms with Gasteiger partial charge in [0.15, 0.2) is 11.0 Å². The minimum Gasteiger partial charge on any atom is -0.465 e. The Morgan fingerprint density at radius 2 is 2.04 bits per heavy atom. The first-order valence-electron chi connectivity index (χ1n) is 8.93. The smallest absolute Gasteiger partial charge is 0.319 e. The molecule has 6 nitrogen and oxygen atoms in total. The van der Waals surface area contributed by atoms with E-state index in [-0.39, 0.29) is 11.2 Å². The summed E-state index contributed by atoms with van der Waals surface area (Å²) in [6.45, 7) is 4.78. The van der Waals surface area contributed by atoms with Crippen LogP contribution in [0.5, 0.6) is 0 Å².